The Labute approximate surface area is 122 Å². The van der Waals surface area contributed by atoms with Crippen LogP contribution in [0.2, 0.25) is 5.02 Å². The van der Waals surface area contributed by atoms with Gasteiger partial charge in [0.15, 0.2) is 4.90 Å². The highest BCUT2D eigenvalue weighted by Gasteiger charge is 2.29. The molecular weight excluding hydrogens is 304 g/mol. The van der Waals surface area contributed by atoms with Gasteiger partial charge in [-0.25, -0.2) is 0 Å². The molecular formula is C12H9ClN2O4S. The molecule has 1 heterocycles. The molecule has 104 valence electrons. The highest BCUT2D eigenvalue weighted by Crippen LogP contribution is 2.29. The second kappa shape index (κ2) is 6.08. The van der Waals surface area contributed by atoms with Crippen molar-refractivity contribution >= 4 is 28.5 Å². The summed E-state index contributed by atoms with van der Waals surface area (Å²) >= 11 is 3.96. The number of nitro groups is 1. The molecule has 1 aromatic carbocycles. The molecule has 0 aliphatic rings. The number of aromatic nitrogens is 1. The van der Waals surface area contributed by atoms with Crippen LogP contribution in [0.25, 0.3) is 0 Å². The summed E-state index contributed by atoms with van der Waals surface area (Å²) in [6.07, 6.45) is 0. The third-order valence-corrected chi connectivity index (χ3v) is 4.03. The van der Waals surface area contributed by atoms with Crippen molar-refractivity contribution in [3.05, 3.63) is 51.5 Å². The zero-order valence-electron chi connectivity index (χ0n) is 10.3. The van der Waals surface area contributed by atoms with Crippen LogP contribution in [0, 0.1) is 10.1 Å². The van der Waals surface area contributed by atoms with Gasteiger partial charge in [0.1, 0.15) is 0 Å². The highest BCUT2D eigenvalue weighted by molar-refractivity contribution is 7.91. The molecule has 0 N–H and O–H groups in total. The number of rotatable bonds is 4. The van der Waals surface area contributed by atoms with Crippen LogP contribution in [0.5, 0.6) is 5.88 Å². The molecule has 0 saturated carbocycles. The summed E-state index contributed by atoms with van der Waals surface area (Å²) < 4.78 is 17.3. The molecule has 8 heteroatoms. The summed E-state index contributed by atoms with van der Waals surface area (Å²) in [5.41, 5.74) is -0.320. The van der Waals surface area contributed by atoms with Gasteiger partial charge in [-0.2, -0.15) is 4.98 Å². The predicted octanol–water partition coefficient (Wildman–Crippen LogP) is 2.82. The van der Waals surface area contributed by atoms with Crippen LogP contribution in [-0.2, 0) is 11.2 Å². The van der Waals surface area contributed by atoms with Gasteiger partial charge < -0.3 is 9.29 Å². The van der Waals surface area contributed by atoms with Crippen LogP contribution in [0.1, 0.15) is 0 Å². The van der Waals surface area contributed by atoms with E-state index in [1.165, 1.54) is 31.4 Å². The fraction of sp³-hybridized carbons (Fsp3) is 0.0833. The van der Waals surface area contributed by atoms with Crippen LogP contribution >= 0.6 is 11.6 Å². The Kier molecular flexibility index (Phi) is 4.43. The molecule has 2 rings (SSSR count). The maximum atomic E-state index is 12.4. The molecule has 0 aliphatic carbocycles. The molecule has 1 atom stereocenters. The molecule has 0 spiro atoms. The largest absolute Gasteiger partial charge is 0.605 e. The Morgan fingerprint density at radius 1 is 1.25 bits per heavy atom. The lowest BCUT2D eigenvalue weighted by molar-refractivity contribution is -0.388. The van der Waals surface area contributed by atoms with Gasteiger partial charge in [-0.15, -0.1) is 0 Å². The van der Waals surface area contributed by atoms with Crippen molar-refractivity contribution in [2.75, 3.05) is 7.11 Å². The Bertz CT molecular complexity index is 636. The van der Waals surface area contributed by atoms with Gasteiger partial charge in [0.2, 0.25) is 5.88 Å². The van der Waals surface area contributed by atoms with Crippen molar-refractivity contribution < 1.29 is 14.2 Å². The van der Waals surface area contributed by atoms with Crippen LogP contribution in [0.4, 0.5) is 5.69 Å². The number of methoxy groups -OCH3 is 1. The second-order valence-electron chi connectivity index (χ2n) is 3.66. The van der Waals surface area contributed by atoms with Gasteiger partial charge in [-0.05, 0) is 24.3 Å². The molecule has 0 saturated heterocycles. The second-order valence-corrected chi connectivity index (χ2v) is 5.49. The van der Waals surface area contributed by atoms with Crippen molar-refractivity contribution in [2.24, 2.45) is 0 Å². The monoisotopic (exact) mass is 312 g/mol. The number of nitrogens with zero attached hydrogens (tertiary/aromatic N) is 2. The van der Waals surface area contributed by atoms with Crippen molar-refractivity contribution in [3.63, 3.8) is 0 Å². The standard InChI is InChI=1S/C12H9ClN2O4S/c1-19-11-7-6-10(15(16)17)12(14-11)20(18)9-4-2-8(13)3-5-9/h2-7H,1H3. The first-order valence-electron chi connectivity index (χ1n) is 5.39. The summed E-state index contributed by atoms with van der Waals surface area (Å²) in [5, 5.41) is 11.3. The number of benzene rings is 1. The van der Waals surface area contributed by atoms with E-state index in [2.05, 4.69) is 4.98 Å². The SMILES string of the molecule is COc1ccc([N+](=O)[O-])c([S+]([O-])c2ccc(Cl)cc2)n1. The van der Waals surface area contributed by atoms with Crippen molar-refractivity contribution in [1.29, 1.82) is 0 Å². The maximum absolute atomic E-state index is 12.4. The van der Waals surface area contributed by atoms with E-state index in [1.54, 1.807) is 12.1 Å². The van der Waals surface area contributed by atoms with Crippen LogP contribution < -0.4 is 4.74 Å². The van der Waals surface area contributed by atoms with E-state index in [0.29, 0.717) is 9.92 Å². The zero-order valence-corrected chi connectivity index (χ0v) is 11.9. The van der Waals surface area contributed by atoms with E-state index < -0.39 is 16.1 Å². The summed E-state index contributed by atoms with van der Waals surface area (Å²) in [4.78, 5) is 14.6. The van der Waals surface area contributed by atoms with E-state index in [4.69, 9.17) is 16.3 Å². The first-order chi connectivity index (χ1) is 9.52. The molecule has 0 bridgehead atoms. The first-order valence-corrected chi connectivity index (χ1v) is 6.92. The average molecular weight is 313 g/mol. The molecule has 0 fully saturated rings. The fourth-order valence-corrected chi connectivity index (χ4v) is 2.71. The highest BCUT2D eigenvalue weighted by atomic mass is 35.5. The van der Waals surface area contributed by atoms with Crippen LogP contribution in [0.3, 0.4) is 0 Å². The molecule has 2 aromatic rings. The summed E-state index contributed by atoms with van der Waals surface area (Å²) in [5.74, 6) is 0.160. The van der Waals surface area contributed by atoms with Crippen molar-refractivity contribution in [1.82, 2.24) is 4.98 Å². The molecule has 20 heavy (non-hydrogen) atoms. The Balaban J connectivity index is 2.48. The lowest BCUT2D eigenvalue weighted by Crippen LogP contribution is -2.09. The number of hydrogen-bond donors (Lipinski definition) is 0. The summed E-state index contributed by atoms with van der Waals surface area (Å²) in [6, 6.07) is 8.74. The Morgan fingerprint density at radius 2 is 1.90 bits per heavy atom. The molecule has 1 unspecified atom stereocenters. The van der Waals surface area contributed by atoms with Crippen LogP contribution in [-0.4, -0.2) is 21.6 Å². The number of ether oxygens (including phenoxy) is 1. The Hall–Kier alpha value is -1.83. The molecule has 0 amide bonds. The third kappa shape index (κ3) is 3.01. The minimum absolute atomic E-state index is 0.156. The van der Waals surface area contributed by atoms with Crippen molar-refractivity contribution in [3.8, 4) is 5.88 Å². The summed E-state index contributed by atoms with van der Waals surface area (Å²) in [6.45, 7) is 0. The van der Waals surface area contributed by atoms with Gasteiger partial charge in [-0.3, -0.25) is 10.1 Å². The minimum atomic E-state index is -1.79. The van der Waals surface area contributed by atoms with E-state index in [-0.39, 0.29) is 16.6 Å². The van der Waals surface area contributed by atoms with E-state index in [1.807, 2.05) is 0 Å². The predicted molar refractivity (Wildman–Crippen MR) is 73.6 cm³/mol. The smallest absolute Gasteiger partial charge is 0.344 e. The Morgan fingerprint density at radius 3 is 2.45 bits per heavy atom. The van der Waals surface area contributed by atoms with Crippen molar-refractivity contribution in [2.45, 2.75) is 9.92 Å². The first kappa shape index (κ1) is 14.6. The van der Waals surface area contributed by atoms with Gasteiger partial charge in [0.05, 0.1) is 23.2 Å². The normalized spacial score (nSPS) is 11.9. The minimum Gasteiger partial charge on any atom is -0.605 e. The van der Waals surface area contributed by atoms with E-state index in [0.717, 1.165) is 0 Å². The van der Waals surface area contributed by atoms with Gasteiger partial charge in [0, 0.05) is 17.2 Å². The van der Waals surface area contributed by atoms with E-state index in [9.17, 15) is 14.7 Å². The number of pyridine rings is 1. The van der Waals surface area contributed by atoms with Gasteiger partial charge >= 0.3 is 10.7 Å². The molecule has 0 aliphatic heterocycles. The third-order valence-electron chi connectivity index (χ3n) is 2.42. The number of halogens is 1. The molecule has 1 aromatic heterocycles. The maximum Gasteiger partial charge on any atom is 0.344 e. The number of hydrogen-bond acceptors (Lipinski definition) is 5. The fourth-order valence-electron chi connectivity index (χ4n) is 1.48. The van der Waals surface area contributed by atoms with E-state index >= 15 is 0 Å². The molecule has 6 nitrogen and oxygen atoms in total. The zero-order chi connectivity index (χ0) is 14.7. The van der Waals surface area contributed by atoms with Gasteiger partial charge in [-0.1, -0.05) is 11.6 Å². The van der Waals surface area contributed by atoms with Gasteiger partial charge in [0.25, 0.3) is 0 Å². The average Bonchev–Trinajstić information content (AvgIpc) is 2.46. The topological polar surface area (TPSA) is 88.3 Å². The lowest BCUT2D eigenvalue weighted by Gasteiger charge is -2.09. The molecule has 0 radical (unpaired) electrons. The summed E-state index contributed by atoms with van der Waals surface area (Å²) in [7, 11) is 1.38. The quantitative estimate of drug-likeness (QED) is 0.492. The van der Waals surface area contributed by atoms with Crippen LogP contribution in [0.15, 0.2) is 46.3 Å². The lowest BCUT2D eigenvalue weighted by atomic mass is 10.4.